The zero-order valence-electron chi connectivity index (χ0n) is 10.4. The molecule has 1 rings (SSSR count). The lowest BCUT2D eigenvalue weighted by Gasteiger charge is -2.12. The van der Waals surface area contributed by atoms with E-state index in [1.165, 1.54) is 25.7 Å². The molecule has 4 heteroatoms. The Bertz CT molecular complexity index is 193. The number of hydrogen-bond donors (Lipinski definition) is 2. The molecule has 1 aliphatic carbocycles. The summed E-state index contributed by atoms with van der Waals surface area (Å²) in [5, 5.41) is 6.06. The van der Waals surface area contributed by atoms with Crippen molar-refractivity contribution in [2.75, 3.05) is 13.6 Å². The van der Waals surface area contributed by atoms with E-state index in [0.717, 1.165) is 18.9 Å². The van der Waals surface area contributed by atoms with Gasteiger partial charge in [0.05, 0.1) is 0 Å². The summed E-state index contributed by atoms with van der Waals surface area (Å²) >= 11 is 0. The third-order valence-electron chi connectivity index (χ3n) is 3.35. The summed E-state index contributed by atoms with van der Waals surface area (Å²) < 4.78 is 0. The molecule has 0 aliphatic heterocycles. The Balaban J connectivity index is 0.00000225. The Labute approximate surface area is 105 Å². The molecule has 1 saturated carbocycles. The van der Waals surface area contributed by atoms with Gasteiger partial charge in [-0.3, -0.25) is 4.79 Å². The van der Waals surface area contributed by atoms with E-state index in [4.69, 9.17) is 0 Å². The highest BCUT2D eigenvalue weighted by Crippen LogP contribution is 2.28. The standard InChI is InChI=1S/C12H24N2O.ClH/c1-10(13-2)9-14-12(15)8-7-11-5-3-4-6-11;/h10-11,13H,3-9H2,1-2H3,(H,14,15);1H. The minimum absolute atomic E-state index is 0. The van der Waals surface area contributed by atoms with Crippen molar-refractivity contribution < 1.29 is 4.79 Å². The molecule has 1 amide bonds. The second-order valence-electron chi connectivity index (χ2n) is 4.68. The van der Waals surface area contributed by atoms with E-state index >= 15 is 0 Å². The fourth-order valence-electron chi connectivity index (χ4n) is 2.09. The predicted octanol–water partition coefficient (Wildman–Crippen LogP) is 2.10. The number of amides is 1. The lowest BCUT2D eigenvalue weighted by molar-refractivity contribution is -0.121. The highest BCUT2D eigenvalue weighted by molar-refractivity contribution is 5.85. The Morgan fingerprint density at radius 1 is 1.38 bits per heavy atom. The Hall–Kier alpha value is -0.280. The molecule has 3 nitrogen and oxygen atoms in total. The van der Waals surface area contributed by atoms with Gasteiger partial charge in [0.2, 0.25) is 5.91 Å². The quantitative estimate of drug-likeness (QED) is 0.756. The van der Waals surface area contributed by atoms with Crippen LogP contribution in [0.25, 0.3) is 0 Å². The first-order valence-corrected chi connectivity index (χ1v) is 6.16. The highest BCUT2D eigenvalue weighted by Gasteiger charge is 2.15. The summed E-state index contributed by atoms with van der Waals surface area (Å²) in [5.41, 5.74) is 0. The van der Waals surface area contributed by atoms with Crippen molar-refractivity contribution in [1.82, 2.24) is 10.6 Å². The summed E-state index contributed by atoms with van der Waals surface area (Å²) in [6.45, 7) is 2.80. The summed E-state index contributed by atoms with van der Waals surface area (Å²) in [5.74, 6) is 1.03. The van der Waals surface area contributed by atoms with Crippen LogP contribution in [-0.4, -0.2) is 25.5 Å². The predicted molar refractivity (Wildman–Crippen MR) is 70.0 cm³/mol. The molecule has 0 aromatic rings. The maximum absolute atomic E-state index is 11.5. The van der Waals surface area contributed by atoms with Crippen LogP contribution >= 0.6 is 12.4 Å². The van der Waals surface area contributed by atoms with E-state index in [9.17, 15) is 4.79 Å². The molecule has 0 heterocycles. The van der Waals surface area contributed by atoms with Gasteiger partial charge in [-0.15, -0.1) is 12.4 Å². The lowest BCUT2D eigenvalue weighted by atomic mass is 10.0. The fourth-order valence-corrected chi connectivity index (χ4v) is 2.09. The van der Waals surface area contributed by atoms with E-state index in [0.29, 0.717) is 12.5 Å². The number of nitrogens with one attached hydrogen (secondary N) is 2. The smallest absolute Gasteiger partial charge is 0.220 e. The number of carbonyl (C=O) groups excluding carboxylic acids is 1. The molecule has 16 heavy (non-hydrogen) atoms. The van der Waals surface area contributed by atoms with Crippen LogP contribution < -0.4 is 10.6 Å². The van der Waals surface area contributed by atoms with Gasteiger partial charge in [0.15, 0.2) is 0 Å². The van der Waals surface area contributed by atoms with Crippen molar-refractivity contribution >= 4 is 18.3 Å². The molecule has 0 saturated heterocycles. The van der Waals surface area contributed by atoms with Crippen LogP contribution in [0.3, 0.4) is 0 Å². The van der Waals surface area contributed by atoms with Gasteiger partial charge in [-0.05, 0) is 26.3 Å². The third kappa shape index (κ3) is 6.33. The van der Waals surface area contributed by atoms with Crippen LogP contribution in [0.15, 0.2) is 0 Å². The number of carbonyl (C=O) groups is 1. The monoisotopic (exact) mass is 248 g/mol. The third-order valence-corrected chi connectivity index (χ3v) is 3.35. The highest BCUT2D eigenvalue weighted by atomic mass is 35.5. The van der Waals surface area contributed by atoms with E-state index in [1.807, 2.05) is 7.05 Å². The molecule has 0 aromatic heterocycles. The van der Waals surface area contributed by atoms with E-state index in [-0.39, 0.29) is 18.3 Å². The van der Waals surface area contributed by atoms with E-state index in [2.05, 4.69) is 17.6 Å². The molecule has 0 aromatic carbocycles. The molecule has 1 atom stereocenters. The Morgan fingerprint density at radius 2 is 2.00 bits per heavy atom. The number of likely N-dealkylation sites (N-methyl/N-ethyl adjacent to an activating group) is 1. The summed E-state index contributed by atoms with van der Waals surface area (Å²) in [6.07, 6.45) is 7.19. The molecule has 1 unspecified atom stereocenters. The summed E-state index contributed by atoms with van der Waals surface area (Å²) in [6, 6.07) is 0.362. The van der Waals surface area contributed by atoms with Crippen LogP contribution in [-0.2, 0) is 4.79 Å². The first-order chi connectivity index (χ1) is 7.22. The van der Waals surface area contributed by atoms with Gasteiger partial charge in [-0.1, -0.05) is 25.7 Å². The summed E-state index contributed by atoms with van der Waals surface area (Å²) in [7, 11) is 1.91. The molecule has 0 spiro atoms. The number of halogens is 1. The van der Waals surface area contributed by atoms with Crippen LogP contribution in [0.1, 0.15) is 45.4 Å². The average Bonchev–Trinajstić information content (AvgIpc) is 2.75. The van der Waals surface area contributed by atoms with Crippen molar-refractivity contribution in [3.63, 3.8) is 0 Å². The van der Waals surface area contributed by atoms with Gasteiger partial charge in [-0.25, -0.2) is 0 Å². The van der Waals surface area contributed by atoms with Crippen molar-refractivity contribution in [3.05, 3.63) is 0 Å². The van der Waals surface area contributed by atoms with Crippen LogP contribution in [0.2, 0.25) is 0 Å². The second kappa shape index (κ2) is 8.82. The molecule has 96 valence electrons. The van der Waals surface area contributed by atoms with Crippen molar-refractivity contribution in [3.8, 4) is 0 Å². The molecule has 2 N–H and O–H groups in total. The first-order valence-electron chi connectivity index (χ1n) is 6.16. The van der Waals surface area contributed by atoms with Crippen LogP contribution in [0.4, 0.5) is 0 Å². The van der Waals surface area contributed by atoms with Gasteiger partial charge in [0, 0.05) is 19.0 Å². The van der Waals surface area contributed by atoms with E-state index in [1.54, 1.807) is 0 Å². The van der Waals surface area contributed by atoms with E-state index < -0.39 is 0 Å². The van der Waals surface area contributed by atoms with Crippen molar-refractivity contribution in [2.45, 2.75) is 51.5 Å². The van der Waals surface area contributed by atoms with Gasteiger partial charge in [-0.2, -0.15) is 0 Å². The SMILES string of the molecule is CNC(C)CNC(=O)CCC1CCCC1.Cl. The van der Waals surface area contributed by atoms with Crippen LogP contribution in [0.5, 0.6) is 0 Å². The van der Waals surface area contributed by atoms with Gasteiger partial charge in [0.25, 0.3) is 0 Å². The molecular formula is C12H25ClN2O. The largest absolute Gasteiger partial charge is 0.355 e. The number of hydrogen-bond acceptors (Lipinski definition) is 2. The van der Waals surface area contributed by atoms with Gasteiger partial charge >= 0.3 is 0 Å². The minimum Gasteiger partial charge on any atom is -0.355 e. The average molecular weight is 249 g/mol. The molecular weight excluding hydrogens is 224 g/mol. The zero-order valence-corrected chi connectivity index (χ0v) is 11.2. The summed E-state index contributed by atoms with van der Waals surface area (Å²) in [4.78, 5) is 11.5. The van der Waals surface area contributed by atoms with Crippen LogP contribution in [0, 0.1) is 5.92 Å². The fraction of sp³-hybridized carbons (Fsp3) is 0.917. The van der Waals surface area contributed by atoms with Gasteiger partial charge in [0.1, 0.15) is 0 Å². The molecule has 1 fully saturated rings. The first kappa shape index (κ1) is 15.7. The lowest BCUT2D eigenvalue weighted by Crippen LogP contribution is -2.37. The maximum Gasteiger partial charge on any atom is 0.220 e. The molecule has 1 aliphatic rings. The van der Waals surface area contributed by atoms with Gasteiger partial charge < -0.3 is 10.6 Å². The number of rotatable bonds is 6. The molecule has 0 bridgehead atoms. The van der Waals surface area contributed by atoms with Crippen molar-refractivity contribution in [1.29, 1.82) is 0 Å². The zero-order chi connectivity index (χ0) is 11.1. The minimum atomic E-state index is 0. The second-order valence-corrected chi connectivity index (χ2v) is 4.68. The topological polar surface area (TPSA) is 41.1 Å². The normalized spacial score (nSPS) is 17.9. The Kier molecular flexibility index (Phi) is 8.67. The molecule has 0 radical (unpaired) electrons. The Morgan fingerprint density at radius 3 is 2.56 bits per heavy atom. The van der Waals surface area contributed by atoms with Crippen molar-refractivity contribution in [2.24, 2.45) is 5.92 Å². The maximum atomic E-state index is 11.5.